The van der Waals surface area contributed by atoms with E-state index < -0.39 is 0 Å². The number of rotatable bonds is 3. The fourth-order valence-corrected chi connectivity index (χ4v) is 2.62. The molecule has 1 aromatic rings. The van der Waals surface area contributed by atoms with Gasteiger partial charge in [0.1, 0.15) is 6.54 Å². The predicted octanol–water partition coefficient (Wildman–Crippen LogP) is 0.618. The van der Waals surface area contributed by atoms with Crippen molar-refractivity contribution in [3.8, 4) is 11.8 Å². The number of quaternary nitrogens is 1. The number of piperidine rings is 1. The zero-order chi connectivity index (χ0) is 13.5. The smallest absolute Gasteiger partial charge is 0.139 e. The summed E-state index contributed by atoms with van der Waals surface area (Å²) in [7, 11) is 0. The van der Waals surface area contributed by atoms with Crippen molar-refractivity contribution in [2.45, 2.75) is 38.2 Å². The number of aromatic nitrogens is 1. The summed E-state index contributed by atoms with van der Waals surface area (Å²) >= 11 is 0. The fraction of sp³-hybridized carbons (Fsp3) is 0.562. The van der Waals surface area contributed by atoms with E-state index in [1.54, 1.807) is 11.8 Å². The number of hydrogen-bond donors (Lipinski definition) is 2. The van der Waals surface area contributed by atoms with Crippen LogP contribution < -0.4 is 4.90 Å². The van der Waals surface area contributed by atoms with Crippen LogP contribution in [0, 0.1) is 11.8 Å². The molecule has 1 saturated heterocycles. The van der Waals surface area contributed by atoms with Crippen molar-refractivity contribution in [3.63, 3.8) is 0 Å². The van der Waals surface area contributed by atoms with E-state index in [1.807, 2.05) is 18.5 Å². The van der Waals surface area contributed by atoms with Gasteiger partial charge in [0.05, 0.1) is 19.2 Å². The molecule has 2 N–H and O–H groups in total. The molecule has 0 aromatic carbocycles. The number of hydrogen-bond acceptors (Lipinski definition) is 2. The quantitative estimate of drug-likeness (QED) is 0.781. The summed E-state index contributed by atoms with van der Waals surface area (Å²) in [5.74, 6) is 6.87. The Hall–Kier alpha value is -1.37. The summed E-state index contributed by atoms with van der Waals surface area (Å²) in [6.07, 6.45) is 6.61. The highest BCUT2D eigenvalue weighted by Gasteiger charge is 2.23. The first kappa shape index (κ1) is 14.0. The van der Waals surface area contributed by atoms with Crippen LogP contribution in [0.1, 0.15) is 37.7 Å². The van der Waals surface area contributed by atoms with E-state index in [1.165, 1.54) is 24.9 Å². The van der Waals surface area contributed by atoms with Crippen molar-refractivity contribution in [1.29, 1.82) is 0 Å². The van der Waals surface area contributed by atoms with E-state index in [0.717, 1.165) is 13.1 Å². The first-order chi connectivity index (χ1) is 9.25. The molecule has 2 heterocycles. The molecule has 1 aromatic heterocycles. The van der Waals surface area contributed by atoms with Gasteiger partial charge in [-0.3, -0.25) is 4.98 Å². The first-order valence-corrected chi connectivity index (χ1v) is 7.13. The summed E-state index contributed by atoms with van der Waals surface area (Å²) in [5.41, 5.74) is 1.36. The third kappa shape index (κ3) is 4.66. The molecule has 102 valence electrons. The van der Waals surface area contributed by atoms with Gasteiger partial charge >= 0.3 is 0 Å². The molecule has 3 heteroatoms. The van der Waals surface area contributed by atoms with Crippen molar-refractivity contribution in [1.82, 2.24) is 4.98 Å². The summed E-state index contributed by atoms with van der Waals surface area (Å²) in [6, 6.07) is 4.20. The summed E-state index contributed by atoms with van der Waals surface area (Å²) in [6.45, 7) is 5.03. The third-order valence-electron chi connectivity index (χ3n) is 3.63. The Labute approximate surface area is 115 Å². The average Bonchev–Trinajstić information content (AvgIpc) is 2.45. The van der Waals surface area contributed by atoms with Crippen LogP contribution >= 0.6 is 0 Å². The van der Waals surface area contributed by atoms with Gasteiger partial charge in [-0.15, -0.1) is 0 Å². The lowest BCUT2D eigenvalue weighted by molar-refractivity contribution is -0.899. The second-order valence-corrected chi connectivity index (χ2v) is 5.41. The van der Waals surface area contributed by atoms with Gasteiger partial charge in [-0.05, 0) is 37.3 Å². The number of pyridine rings is 1. The van der Waals surface area contributed by atoms with Crippen molar-refractivity contribution in [2.24, 2.45) is 0 Å². The number of likely N-dealkylation sites (tertiary alicyclic amines) is 1. The molecule has 1 aliphatic heterocycles. The van der Waals surface area contributed by atoms with Gasteiger partial charge in [-0.2, -0.15) is 0 Å². The molecule has 0 bridgehead atoms. The monoisotopic (exact) mass is 259 g/mol. The maximum absolute atomic E-state index is 9.16. The maximum Gasteiger partial charge on any atom is 0.139 e. The molecular formula is C16H23N2O+. The lowest BCUT2D eigenvalue weighted by Gasteiger charge is -2.28. The molecule has 19 heavy (non-hydrogen) atoms. The minimum Gasteiger partial charge on any atom is -0.392 e. The van der Waals surface area contributed by atoms with E-state index >= 15 is 0 Å². The Bertz CT molecular complexity index is 433. The highest BCUT2D eigenvalue weighted by molar-refractivity contribution is 5.14. The molecule has 1 aliphatic rings. The van der Waals surface area contributed by atoms with Crippen molar-refractivity contribution in [3.05, 3.63) is 30.1 Å². The SMILES string of the molecule is C[C@H](O)CC#CC[NH+]1CCC[C@H](c2cccnc2)C1. The van der Waals surface area contributed by atoms with Gasteiger partial charge in [-0.1, -0.05) is 12.0 Å². The Kier molecular flexibility index (Phi) is 5.38. The average molecular weight is 259 g/mol. The summed E-state index contributed by atoms with van der Waals surface area (Å²) in [4.78, 5) is 5.77. The maximum atomic E-state index is 9.16. The molecule has 1 unspecified atom stereocenters. The number of nitrogens with zero attached hydrogens (tertiary/aromatic N) is 1. The van der Waals surface area contributed by atoms with Crippen LogP contribution in [0.2, 0.25) is 0 Å². The van der Waals surface area contributed by atoms with E-state index in [2.05, 4.69) is 22.9 Å². The van der Waals surface area contributed by atoms with Crippen LogP contribution in [-0.2, 0) is 0 Å². The Balaban J connectivity index is 1.85. The number of aliphatic hydroxyl groups excluding tert-OH is 1. The van der Waals surface area contributed by atoms with Crippen molar-refractivity contribution >= 4 is 0 Å². The molecular weight excluding hydrogens is 236 g/mol. The first-order valence-electron chi connectivity index (χ1n) is 7.13. The lowest BCUT2D eigenvalue weighted by Crippen LogP contribution is -3.13. The predicted molar refractivity (Wildman–Crippen MR) is 75.8 cm³/mol. The van der Waals surface area contributed by atoms with Gasteiger partial charge in [0.25, 0.3) is 0 Å². The van der Waals surface area contributed by atoms with Gasteiger partial charge in [-0.25, -0.2) is 0 Å². The van der Waals surface area contributed by atoms with E-state index in [4.69, 9.17) is 5.11 Å². The van der Waals surface area contributed by atoms with E-state index in [-0.39, 0.29) is 6.10 Å². The second-order valence-electron chi connectivity index (χ2n) is 5.41. The van der Waals surface area contributed by atoms with Gasteiger partial charge < -0.3 is 10.0 Å². The molecule has 2 rings (SSSR count). The molecule has 0 saturated carbocycles. The largest absolute Gasteiger partial charge is 0.392 e. The molecule has 0 aliphatic carbocycles. The van der Waals surface area contributed by atoms with Crippen LogP contribution in [0.15, 0.2) is 24.5 Å². The zero-order valence-electron chi connectivity index (χ0n) is 11.6. The topological polar surface area (TPSA) is 37.6 Å². The second kappa shape index (κ2) is 7.28. The minimum atomic E-state index is -0.313. The lowest BCUT2D eigenvalue weighted by atomic mass is 9.92. The van der Waals surface area contributed by atoms with Gasteiger partial charge in [0, 0.05) is 24.7 Å². The van der Waals surface area contributed by atoms with E-state index in [9.17, 15) is 0 Å². The van der Waals surface area contributed by atoms with Crippen LogP contribution in [-0.4, -0.2) is 35.8 Å². The Morgan fingerprint density at radius 2 is 2.42 bits per heavy atom. The molecule has 3 atom stereocenters. The summed E-state index contributed by atoms with van der Waals surface area (Å²) < 4.78 is 0. The molecule has 3 nitrogen and oxygen atoms in total. The third-order valence-corrected chi connectivity index (χ3v) is 3.63. The van der Waals surface area contributed by atoms with Crippen LogP contribution in [0.4, 0.5) is 0 Å². The summed E-state index contributed by atoms with van der Waals surface area (Å²) in [5, 5.41) is 9.16. The normalized spacial score (nSPS) is 24.3. The molecule has 0 amide bonds. The minimum absolute atomic E-state index is 0.313. The highest BCUT2D eigenvalue weighted by Crippen LogP contribution is 2.20. The van der Waals surface area contributed by atoms with E-state index in [0.29, 0.717) is 12.3 Å². The van der Waals surface area contributed by atoms with Crippen LogP contribution in [0.5, 0.6) is 0 Å². The highest BCUT2D eigenvalue weighted by atomic mass is 16.3. The van der Waals surface area contributed by atoms with Crippen molar-refractivity contribution in [2.75, 3.05) is 19.6 Å². The number of nitrogens with one attached hydrogen (secondary N) is 1. The number of aliphatic hydroxyl groups is 1. The Morgan fingerprint density at radius 1 is 1.53 bits per heavy atom. The van der Waals surface area contributed by atoms with Gasteiger partial charge in [0.15, 0.2) is 0 Å². The zero-order valence-corrected chi connectivity index (χ0v) is 11.6. The molecule has 0 spiro atoms. The van der Waals surface area contributed by atoms with Crippen molar-refractivity contribution < 1.29 is 10.0 Å². The fourth-order valence-electron chi connectivity index (χ4n) is 2.62. The molecule has 0 radical (unpaired) electrons. The van der Waals surface area contributed by atoms with Gasteiger partial charge in [0.2, 0.25) is 0 Å². The molecule has 1 fully saturated rings. The Morgan fingerprint density at radius 3 is 3.16 bits per heavy atom. The van der Waals surface area contributed by atoms with Crippen LogP contribution in [0.25, 0.3) is 0 Å². The van der Waals surface area contributed by atoms with Crippen LogP contribution in [0.3, 0.4) is 0 Å². The standard InChI is InChI=1S/C16H22N2O/c1-14(19)6-2-3-10-18-11-5-8-16(13-18)15-7-4-9-17-12-15/h4,7,9,12,14,16,19H,5-6,8,10-11,13H2,1H3/p+1/t14-,16-/m0/s1.